The summed E-state index contributed by atoms with van der Waals surface area (Å²) in [6.45, 7) is 0. The van der Waals surface area contributed by atoms with Crippen molar-refractivity contribution in [1.82, 2.24) is 19.1 Å². The standard InChI is InChI=1S/C20H16N4O3/c1-23-9-7-21-19(23)25-13-3-5-17-15(11-13)16-12-14(4-6-18(16)27-17)26-20-22-8-10-24(20)2/h3-12H,1-2H3. The summed E-state index contributed by atoms with van der Waals surface area (Å²) in [6, 6.07) is 12.5. The Labute approximate surface area is 154 Å². The number of imidazole rings is 2. The van der Waals surface area contributed by atoms with Gasteiger partial charge in [-0.25, -0.2) is 9.97 Å². The minimum absolute atomic E-state index is 0.529. The second-order valence-corrected chi connectivity index (χ2v) is 6.26. The predicted molar refractivity (Wildman–Crippen MR) is 100 cm³/mol. The van der Waals surface area contributed by atoms with Gasteiger partial charge in [0.25, 0.3) is 0 Å². The largest absolute Gasteiger partial charge is 0.456 e. The number of rotatable bonds is 4. The third kappa shape index (κ3) is 2.69. The van der Waals surface area contributed by atoms with E-state index < -0.39 is 0 Å². The maximum absolute atomic E-state index is 5.93. The Morgan fingerprint density at radius 2 is 1.22 bits per heavy atom. The maximum Gasteiger partial charge on any atom is 0.301 e. The van der Waals surface area contributed by atoms with Crippen molar-refractivity contribution < 1.29 is 13.9 Å². The van der Waals surface area contributed by atoms with E-state index in [-0.39, 0.29) is 0 Å². The fourth-order valence-corrected chi connectivity index (χ4v) is 2.97. The third-order valence-corrected chi connectivity index (χ3v) is 4.38. The van der Waals surface area contributed by atoms with Crippen molar-refractivity contribution >= 4 is 21.9 Å². The van der Waals surface area contributed by atoms with Gasteiger partial charge in [0.15, 0.2) is 0 Å². The first-order valence-electron chi connectivity index (χ1n) is 8.44. The molecule has 0 saturated heterocycles. The lowest BCUT2D eigenvalue weighted by Gasteiger charge is -2.05. The molecule has 0 fully saturated rings. The van der Waals surface area contributed by atoms with Gasteiger partial charge in [0.1, 0.15) is 22.7 Å². The van der Waals surface area contributed by atoms with Gasteiger partial charge >= 0.3 is 12.0 Å². The molecule has 0 aliphatic carbocycles. The first-order valence-corrected chi connectivity index (χ1v) is 8.44. The van der Waals surface area contributed by atoms with Crippen molar-refractivity contribution in [3.8, 4) is 23.5 Å². The number of aryl methyl sites for hydroxylation is 2. The van der Waals surface area contributed by atoms with Crippen molar-refractivity contribution in [3.05, 3.63) is 61.2 Å². The molecular weight excluding hydrogens is 344 g/mol. The Bertz CT molecular complexity index is 1170. The molecule has 0 bridgehead atoms. The van der Waals surface area contributed by atoms with Gasteiger partial charge < -0.3 is 23.0 Å². The molecular formula is C20H16N4O3. The lowest BCUT2D eigenvalue weighted by molar-refractivity contribution is 0.425. The van der Waals surface area contributed by atoms with Gasteiger partial charge in [0.05, 0.1) is 0 Å². The summed E-state index contributed by atoms with van der Waals surface area (Å²) >= 11 is 0. The highest BCUT2D eigenvalue weighted by molar-refractivity contribution is 6.05. The Morgan fingerprint density at radius 1 is 0.741 bits per heavy atom. The molecule has 0 aliphatic heterocycles. The third-order valence-electron chi connectivity index (χ3n) is 4.38. The molecule has 0 radical (unpaired) electrons. The van der Waals surface area contributed by atoms with E-state index in [2.05, 4.69) is 9.97 Å². The van der Waals surface area contributed by atoms with Crippen LogP contribution in [0, 0.1) is 0 Å². The normalized spacial score (nSPS) is 11.3. The van der Waals surface area contributed by atoms with E-state index in [4.69, 9.17) is 13.9 Å². The zero-order valence-electron chi connectivity index (χ0n) is 14.8. The Kier molecular flexibility index (Phi) is 3.39. The quantitative estimate of drug-likeness (QED) is 0.467. The zero-order valence-corrected chi connectivity index (χ0v) is 14.8. The molecule has 2 aromatic carbocycles. The number of nitrogens with zero attached hydrogens (tertiary/aromatic N) is 4. The molecule has 0 atom stereocenters. The van der Waals surface area contributed by atoms with Crippen molar-refractivity contribution in [1.29, 1.82) is 0 Å². The van der Waals surface area contributed by atoms with Crippen LogP contribution < -0.4 is 9.47 Å². The van der Waals surface area contributed by atoms with Crippen LogP contribution in [0.2, 0.25) is 0 Å². The summed E-state index contributed by atoms with van der Waals surface area (Å²) in [5.41, 5.74) is 1.57. The van der Waals surface area contributed by atoms with Crippen LogP contribution in [-0.2, 0) is 14.1 Å². The molecule has 0 spiro atoms. The highest BCUT2D eigenvalue weighted by Gasteiger charge is 2.12. The van der Waals surface area contributed by atoms with Gasteiger partial charge in [-0.05, 0) is 36.4 Å². The predicted octanol–water partition coefficient (Wildman–Crippen LogP) is 4.64. The summed E-state index contributed by atoms with van der Waals surface area (Å²) in [5.74, 6) is 1.38. The lowest BCUT2D eigenvalue weighted by Crippen LogP contribution is -1.93. The maximum atomic E-state index is 5.93. The second kappa shape index (κ2) is 5.91. The van der Waals surface area contributed by atoms with Crippen LogP contribution in [-0.4, -0.2) is 19.1 Å². The number of hydrogen-bond donors (Lipinski definition) is 0. The first-order chi connectivity index (χ1) is 13.2. The van der Waals surface area contributed by atoms with Crippen LogP contribution in [0.5, 0.6) is 23.5 Å². The van der Waals surface area contributed by atoms with Crippen LogP contribution in [0.3, 0.4) is 0 Å². The molecule has 5 aromatic rings. The SMILES string of the molecule is Cn1ccnc1Oc1ccc2oc3ccc(Oc4nccn4C)cc3c2c1. The number of ether oxygens (including phenoxy) is 2. The second-order valence-electron chi connectivity index (χ2n) is 6.26. The van der Waals surface area contributed by atoms with E-state index in [1.165, 1.54) is 0 Å². The fourth-order valence-electron chi connectivity index (χ4n) is 2.97. The number of furan rings is 1. The number of aromatic nitrogens is 4. The first kappa shape index (κ1) is 15.5. The number of hydrogen-bond acceptors (Lipinski definition) is 5. The zero-order chi connectivity index (χ0) is 18.4. The fraction of sp³-hybridized carbons (Fsp3) is 0.100. The molecule has 27 heavy (non-hydrogen) atoms. The van der Waals surface area contributed by atoms with E-state index in [1.807, 2.05) is 72.0 Å². The van der Waals surface area contributed by atoms with Crippen LogP contribution in [0.1, 0.15) is 0 Å². The van der Waals surface area contributed by atoms with Gasteiger partial charge in [-0.3, -0.25) is 0 Å². The molecule has 7 nitrogen and oxygen atoms in total. The summed E-state index contributed by atoms with van der Waals surface area (Å²) in [4.78, 5) is 8.39. The summed E-state index contributed by atoms with van der Waals surface area (Å²) in [6.07, 6.45) is 7.06. The smallest absolute Gasteiger partial charge is 0.301 e. The monoisotopic (exact) mass is 360 g/mol. The average molecular weight is 360 g/mol. The summed E-state index contributed by atoms with van der Waals surface area (Å²) in [7, 11) is 3.77. The van der Waals surface area contributed by atoms with Crippen molar-refractivity contribution in [2.24, 2.45) is 14.1 Å². The van der Waals surface area contributed by atoms with E-state index >= 15 is 0 Å². The Morgan fingerprint density at radius 3 is 1.63 bits per heavy atom. The molecule has 0 unspecified atom stereocenters. The van der Waals surface area contributed by atoms with E-state index in [1.54, 1.807) is 12.4 Å². The van der Waals surface area contributed by atoms with Crippen LogP contribution in [0.15, 0.2) is 65.6 Å². The van der Waals surface area contributed by atoms with Crippen LogP contribution in [0.25, 0.3) is 21.9 Å². The molecule has 0 aliphatic rings. The molecule has 134 valence electrons. The number of benzene rings is 2. The highest BCUT2D eigenvalue weighted by atomic mass is 16.5. The molecule has 3 heterocycles. The van der Waals surface area contributed by atoms with E-state index in [0.717, 1.165) is 21.9 Å². The Balaban J connectivity index is 1.56. The molecule has 5 rings (SSSR count). The van der Waals surface area contributed by atoms with Crippen molar-refractivity contribution in [2.45, 2.75) is 0 Å². The van der Waals surface area contributed by atoms with Gasteiger partial charge in [0, 0.05) is 49.7 Å². The van der Waals surface area contributed by atoms with E-state index in [9.17, 15) is 0 Å². The van der Waals surface area contributed by atoms with Gasteiger partial charge in [-0.1, -0.05) is 0 Å². The topological polar surface area (TPSA) is 67.2 Å². The van der Waals surface area contributed by atoms with Crippen molar-refractivity contribution in [3.63, 3.8) is 0 Å². The van der Waals surface area contributed by atoms with Crippen molar-refractivity contribution in [2.75, 3.05) is 0 Å². The molecule has 3 aromatic heterocycles. The summed E-state index contributed by atoms with van der Waals surface area (Å²) < 4.78 is 21.3. The van der Waals surface area contributed by atoms with E-state index in [0.29, 0.717) is 23.5 Å². The molecule has 7 heteroatoms. The minimum atomic E-state index is 0.529. The Hall–Kier alpha value is -3.74. The highest BCUT2D eigenvalue weighted by Crippen LogP contribution is 2.35. The number of fused-ring (bicyclic) bond motifs is 3. The minimum Gasteiger partial charge on any atom is -0.456 e. The van der Waals surface area contributed by atoms with Crippen LogP contribution >= 0.6 is 0 Å². The lowest BCUT2D eigenvalue weighted by atomic mass is 10.1. The van der Waals surface area contributed by atoms with Crippen LogP contribution in [0.4, 0.5) is 0 Å². The van der Waals surface area contributed by atoms with Gasteiger partial charge in [-0.15, -0.1) is 0 Å². The average Bonchev–Trinajstić information content (AvgIpc) is 3.35. The summed E-state index contributed by atoms with van der Waals surface area (Å²) in [5, 5.41) is 1.89. The molecule has 0 N–H and O–H groups in total. The molecule has 0 amide bonds. The van der Waals surface area contributed by atoms with Gasteiger partial charge in [-0.2, -0.15) is 0 Å². The molecule has 0 saturated carbocycles. The van der Waals surface area contributed by atoms with Gasteiger partial charge in [0.2, 0.25) is 0 Å².